The number of benzene rings is 1. The Labute approximate surface area is 172 Å². The Balaban J connectivity index is 1.55. The number of amides is 3. The van der Waals surface area contributed by atoms with Gasteiger partial charge in [-0.2, -0.15) is 0 Å². The minimum absolute atomic E-state index is 0.0485. The molecule has 2 heterocycles. The third-order valence-electron chi connectivity index (χ3n) is 6.69. The van der Waals surface area contributed by atoms with E-state index in [2.05, 4.69) is 10.2 Å². The third kappa shape index (κ3) is 3.68. The number of carbonyl (C=O) groups excluding carboxylic acids is 2. The van der Waals surface area contributed by atoms with Crippen molar-refractivity contribution in [3.05, 3.63) is 23.8 Å². The number of rotatable bonds is 5. The number of methoxy groups -OCH3 is 2. The molecule has 7 nitrogen and oxygen atoms in total. The summed E-state index contributed by atoms with van der Waals surface area (Å²) in [6.07, 6.45) is 7.73. The molecule has 1 aliphatic carbocycles. The molecular formula is C22H31N3O4. The van der Waals surface area contributed by atoms with E-state index in [1.807, 2.05) is 18.2 Å². The molecule has 1 saturated carbocycles. The molecular weight excluding hydrogens is 370 g/mol. The largest absolute Gasteiger partial charge is 0.497 e. The van der Waals surface area contributed by atoms with Gasteiger partial charge in [0.1, 0.15) is 17.0 Å². The molecule has 1 aromatic carbocycles. The molecule has 3 amide bonds. The van der Waals surface area contributed by atoms with Crippen LogP contribution in [0.5, 0.6) is 11.5 Å². The zero-order valence-corrected chi connectivity index (χ0v) is 17.4. The number of carbonyl (C=O) groups is 2. The van der Waals surface area contributed by atoms with Crippen molar-refractivity contribution in [2.24, 2.45) is 0 Å². The smallest absolute Gasteiger partial charge is 0.326 e. The van der Waals surface area contributed by atoms with Crippen LogP contribution in [0.25, 0.3) is 0 Å². The molecule has 7 heteroatoms. The summed E-state index contributed by atoms with van der Waals surface area (Å²) >= 11 is 0. The normalized spacial score (nSPS) is 24.6. The van der Waals surface area contributed by atoms with Gasteiger partial charge in [0, 0.05) is 18.2 Å². The summed E-state index contributed by atoms with van der Waals surface area (Å²) < 4.78 is 11.0. The molecule has 1 N–H and O–H groups in total. The second-order valence-corrected chi connectivity index (χ2v) is 8.38. The summed E-state index contributed by atoms with van der Waals surface area (Å²) in [5, 5.41) is 3.04. The number of hydrogen-bond donors (Lipinski definition) is 1. The average molecular weight is 402 g/mol. The van der Waals surface area contributed by atoms with Crippen LogP contribution in [0.3, 0.4) is 0 Å². The van der Waals surface area contributed by atoms with E-state index < -0.39 is 5.54 Å². The second kappa shape index (κ2) is 8.22. The standard InChI is InChI=1S/C22H31N3O4/c1-28-16-9-10-19(29-2)17(14-16)18-8-7-13-24(18)15-25-20(26)22(23-21(25)27)11-5-3-4-6-12-22/h9-10,14,18H,3-8,11-13,15H2,1-2H3,(H,23,27)/t18-/m0/s1. The van der Waals surface area contributed by atoms with Gasteiger partial charge in [0.15, 0.2) is 0 Å². The number of hydrogen-bond acceptors (Lipinski definition) is 5. The van der Waals surface area contributed by atoms with Gasteiger partial charge in [-0.3, -0.25) is 9.69 Å². The second-order valence-electron chi connectivity index (χ2n) is 8.38. The first kappa shape index (κ1) is 20.0. The quantitative estimate of drug-likeness (QED) is 0.766. The van der Waals surface area contributed by atoms with E-state index >= 15 is 0 Å². The zero-order chi connectivity index (χ0) is 20.4. The minimum Gasteiger partial charge on any atom is -0.497 e. The number of likely N-dealkylation sites (tertiary alicyclic amines) is 1. The van der Waals surface area contributed by atoms with E-state index in [1.165, 1.54) is 4.90 Å². The molecule has 3 fully saturated rings. The highest BCUT2D eigenvalue weighted by Gasteiger charge is 2.51. The van der Waals surface area contributed by atoms with Gasteiger partial charge in [0.2, 0.25) is 0 Å². The first-order valence-corrected chi connectivity index (χ1v) is 10.7. The lowest BCUT2D eigenvalue weighted by Crippen LogP contribution is -2.47. The Morgan fingerprint density at radius 2 is 1.83 bits per heavy atom. The molecule has 1 aromatic rings. The van der Waals surface area contributed by atoms with Gasteiger partial charge in [-0.1, -0.05) is 25.7 Å². The first-order chi connectivity index (χ1) is 14.1. The molecule has 0 radical (unpaired) electrons. The summed E-state index contributed by atoms with van der Waals surface area (Å²) in [6, 6.07) is 5.64. The van der Waals surface area contributed by atoms with E-state index in [0.29, 0.717) is 6.67 Å². The number of nitrogens with one attached hydrogen (secondary N) is 1. The Kier molecular flexibility index (Phi) is 5.67. The summed E-state index contributed by atoms with van der Waals surface area (Å²) in [5.41, 5.74) is 0.358. The van der Waals surface area contributed by atoms with Crippen molar-refractivity contribution < 1.29 is 19.1 Å². The Bertz CT molecular complexity index is 773. The average Bonchev–Trinajstić information content (AvgIpc) is 3.18. The molecule has 1 atom stereocenters. The molecule has 158 valence electrons. The molecule has 0 unspecified atom stereocenters. The Morgan fingerprint density at radius 1 is 1.07 bits per heavy atom. The van der Waals surface area contributed by atoms with Crippen molar-refractivity contribution in [1.29, 1.82) is 0 Å². The Hall–Kier alpha value is -2.28. The molecule has 29 heavy (non-hydrogen) atoms. The fraction of sp³-hybridized carbons (Fsp3) is 0.636. The lowest BCUT2D eigenvalue weighted by atomic mass is 9.90. The van der Waals surface area contributed by atoms with E-state index in [9.17, 15) is 9.59 Å². The van der Waals surface area contributed by atoms with Crippen LogP contribution in [0.4, 0.5) is 4.79 Å². The van der Waals surface area contributed by atoms with Crippen molar-refractivity contribution >= 4 is 11.9 Å². The highest BCUT2D eigenvalue weighted by molar-refractivity contribution is 6.07. The van der Waals surface area contributed by atoms with Crippen LogP contribution in [0.2, 0.25) is 0 Å². The van der Waals surface area contributed by atoms with Crippen molar-refractivity contribution in [2.75, 3.05) is 27.4 Å². The van der Waals surface area contributed by atoms with Gasteiger partial charge < -0.3 is 14.8 Å². The van der Waals surface area contributed by atoms with Crippen LogP contribution in [0.15, 0.2) is 18.2 Å². The van der Waals surface area contributed by atoms with Crippen LogP contribution in [0.1, 0.15) is 63.0 Å². The summed E-state index contributed by atoms with van der Waals surface area (Å²) in [5.74, 6) is 1.54. The Morgan fingerprint density at radius 3 is 2.52 bits per heavy atom. The highest BCUT2D eigenvalue weighted by Crippen LogP contribution is 2.40. The van der Waals surface area contributed by atoms with Crippen LogP contribution >= 0.6 is 0 Å². The van der Waals surface area contributed by atoms with E-state index in [1.54, 1.807) is 14.2 Å². The maximum absolute atomic E-state index is 13.3. The highest BCUT2D eigenvalue weighted by atomic mass is 16.5. The molecule has 0 bridgehead atoms. The minimum atomic E-state index is -0.684. The van der Waals surface area contributed by atoms with Crippen molar-refractivity contribution in [2.45, 2.75) is 62.9 Å². The van der Waals surface area contributed by atoms with E-state index in [0.717, 1.165) is 75.0 Å². The van der Waals surface area contributed by atoms with Crippen molar-refractivity contribution in [3.63, 3.8) is 0 Å². The number of ether oxygens (including phenoxy) is 2. The predicted molar refractivity (Wildman–Crippen MR) is 109 cm³/mol. The number of imide groups is 1. The van der Waals surface area contributed by atoms with Crippen LogP contribution < -0.4 is 14.8 Å². The zero-order valence-electron chi connectivity index (χ0n) is 17.4. The van der Waals surface area contributed by atoms with Crippen LogP contribution in [0, 0.1) is 0 Å². The van der Waals surface area contributed by atoms with Crippen LogP contribution in [-0.4, -0.2) is 54.7 Å². The SMILES string of the molecule is COc1ccc(OC)c([C@@H]2CCCN2CN2C(=O)NC3(CCCCCC3)C2=O)c1. The van der Waals surface area contributed by atoms with Crippen LogP contribution in [-0.2, 0) is 4.79 Å². The summed E-state index contributed by atoms with van der Waals surface area (Å²) in [6.45, 7) is 1.16. The van der Waals surface area contributed by atoms with Crippen molar-refractivity contribution in [1.82, 2.24) is 15.1 Å². The fourth-order valence-corrected chi connectivity index (χ4v) is 5.10. The molecule has 4 rings (SSSR count). The van der Waals surface area contributed by atoms with E-state index in [-0.39, 0.29) is 18.0 Å². The van der Waals surface area contributed by atoms with E-state index in [4.69, 9.17) is 9.47 Å². The van der Waals surface area contributed by atoms with Gasteiger partial charge >= 0.3 is 6.03 Å². The lowest BCUT2D eigenvalue weighted by Gasteiger charge is -2.30. The lowest BCUT2D eigenvalue weighted by molar-refractivity contribution is -0.133. The van der Waals surface area contributed by atoms with Gasteiger partial charge in [-0.25, -0.2) is 9.69 Å². The molecule has 3 aliphatic rings. The molecule has 0 aromatic heterocycles. The maximum Gasteiger partial charge on any atom is 0.326 e. The monoisotopic (exact) mass is 401 g/mol. The molecule has 2 saturated heterocycles. The number of urea groups is 1. The van der Waals surface area contributed by atoms with Gasteiger partial charge in [-0.15, -0.1) is 0 Å². The first-order valence-electron chi connectivity index (χ1n) is 10.7. The van der Waals surface area contributed by atoms with Gasteiger partial charge in [-0.05, 0) is 43.9 Å². The number of nitrogens with zero attached hydrogens (tertiary/aromatic N) is 2. The third-order valence-corrected chi connectivity index (χ3v) is 6.69. The fourth-order valence-electron chi connectivity index (χ4n) is 5.10. The van der Waals surface area contributed by atoms with Gasteiger partial charge in [0.05, 0.1) is 20.9 Å². The summed E-state index contributed by atoms with van der Waals surface area (Å²) in [4.78, 5) is 29.7. The molecule has 1 spiro atoms. The van der Waals surface area contributed by atoms with Gasteiger partial charge in [0.25, 0.3) is 5.91 Å². The maximum atomic E-state index is 13.3. The summed E-state index contributed by atoms with van der Waals surface area (Å²) in [7, 11) is 3.31. The molecule has 2 aliphatic heterocycles. The van der Waals surface area contributed by atoms with Crippen molar-refractivity contribution in [3.8, 4) is 11.5 Å². The topological polar surface area (TPSA) is 71.1 Å². The predicted octanol–water partition coefficient (Wildman–Crippen LogP) is 3.44.